The maximum atomic E-state index is 5.95. The largest absolute Gasteiger partial charge is 0.326 e. The zero-order valence-electron chi connectivity index (χ0n) is 11.2. The van der Waals surface area contributed by atoms with Crippen LogP contribution in [-0.4, -0.2) is 18.6 Å². The Bertz CT molecular complexity index is 496. The van der Waals surface area contributed by atoms with E-state index in [2.05, 4.69) is 48.8 Å². The summed E-state index contributed by atoms with van der Waals surface area (Å²) in [5, 5.41) is 7.15. The Balaban J connectivity index is 1.80. The first-order chi connectivity index (χ1) is 8.56. The van der Waals surface area contributed by atoms with Gasteiger partial charge in [-0.3, -0.25) is 0 Å². The third-order valence-electron chi connectivity index (χ3n) is 3.08. The normalized spacial score (nSPS) is 12.2. The van der Waals surface area contributed by atoms with Crippen LogP contribution in [0.15, 0.2) is 29.6 Å². The second-order valence-corrected chi connectivity index (χ2v) is 6.41. The van der Waals surface area contributed by atoms with Gasteiger partial charge in [-0.05, 0) is 62.2 Å². The number of benzene rings is 1. The minimum Gasteiger partial charge on any atom is -0.326 e. The highest BCUT2D eigenvalue weighted by Crippen LogP contribution is 2.25. The molecule has 1 aromatic heterocycles. The molecule has 2 nitrogen and oxygen atoms in total. The maximum absolute atomic E-state index is 5.95. The highest BCUT2D eigenvalue weighted by molar-refractivity contribution is 7.17. The van der Waals surface area contributed by atoms with Crippen molar-refractivity contribution in [3.05, 3.63) is 35.2 Å². The van der Waals surface area contributed by atoms with Crippen LogP contribution in [0.5, 0.6) is 0 Å². The summed E-state index contributed by atoms with van der Waals surface area (Å²) in [5.41, 5.74) is 7.33. The van der Waals surface area contributed by atoms with Crippen molar-refractivity contribution in [2.24, 2.45) is 5.73 Å². The van der Waals surface area contributed by atoms with Crippen molar-refractivity contribution in [3.63, 3.8) is 0 Å². The lowest BCUT2D eigenvalue weighted by molar-refractivity contribution is 0.456. The molecule has 0 atom stereocenters. The fourth-order valence-electron chi connectivity index (χ4n) is 1.98. The topological polar surface area (TPSA) is 38.0 Å². The van der Waals surface area contributed by atoms with E-state index in [1.807, 2.05) is 11.3 Å². The van der Waals surface area contributed by atoms with Crippen molar-refractivity contribution >= 4 is 21.4 Å². The number of thiophene rings is 1. The minimum atomic E-state index is -0.0674. The van der Waals surface area contributed by atoms with Gasteiger partial charge in [0, 0.05) is 10.2 Å². The lowest BCUT2D eigenvalue weighted by Gasteiger charge is -2.18. The van der Waals surface area contributed by atoms with Gasteiger partial charge in [0.25, 0.3) is 0 Å². The van der Waals surface area contributed by atoms with E-state index in [1.165, 1.54) is 15.6 Å². The van der Waals surface area contributed by atoms with E-state index in [9.17, 15) is 0 Å². The van der Waals surface area contributed by atoms with Crippen LogP contribution in [-0.2, 0) is 6.42 Å². The molecular formula is C15H22N2S. The molecule has 0 saturated heterocycles. The number of hydrogen-bond donors (Lipinski definition) is 2. The Kier molecular flexibility index (Phi) is 4.38. The van der Waals surface area contributed by atoms with E-state index < -0.39 is 0 Å². The molecular weight excluding hydrogens is 240 g/mol. The molecule has 2 aromatic rings. The van der Waals surface area contributed by atoms with Gasteiger partial charge in [-0.2, -0.15) is 0 Å². The van der Waals surface area contributed by atoms with Crippen molar-refractivity contribution in [3.8, 4) is 0 Å². The van der Waals surface area contributed by atoms with Gasteiger partial charge >= 0.3 is 0 Å². The average Bonchev–Trinajstić information content (AvgIpc) is 2.71. The number of rotatable bonds is 6. The Labute approximate surface area is 113 Å². The van der Waals surface area contributed by atoms with Crippen molar-refractivity contribution < 1.29 is 0 Å². The summed E-state index contributed by atoms with van der Waals surface area (Å²) >= 11 is 1.83. The molecule has 1 heterocycles. The molecule has 0 spiro atoms. The highest BCUT2D eigenvalue weighted by Gasteiger charge is 2.09. The SMILES string of the molecule is CC(C)(N)CCNCCc1csc2ccccc12. The first-order valence-corrected chi connectivity index (χ1v) is 7.39. The lowest BCUT2D eigenvalue weighted by Crippen LogP contribution is -2.36. The van der Waals surface area contributed by atoms with Crippen LogP contribution in [0, 0.1) is 0 Å². The summed E-state index contributed by atoms with van der Waals surface area (Å²) in [4.78, 5) is 0. The van der Waals surface area contributed by atoms with Crippen LogP contribution in [0.25, 0.3) is 10.1 Å². The smallest absolute Gasteiger partial charge is 0.0345 e. The number of fused-ring (bicyclic) bond motifs is 1. The first-order valence-electron chi connectivity index (χ1n) is 6.51. The molecule has 0 amide bonds. The Morgan fingerprint density at radius 2 is 2.00 bits per heavy atom. The zero-order valence-corrected chi connectivity index (χ0v) is 12.0. The van der Waals surface area contributed by atoms with Crippen LogP contribution in [0.3, 0.4) is 0 Å². The number of hydrogen-bond acceptors (Lipinski definition) is 3. The molecule has 0 bridgehead atoms. The van der Waals surface area contributed by atoms with Crippen molar-refractivity contribution in [1.29, 1.82) is 0 Å². The van der Waals surface area contributed by atoms with E-state index in [4.69, 9.17) is 5.73 Å². The van der Waals surface area contributed by atoms with Crippen LogP contribution in [0.4, 0.5) is 0 Å². The third-order valence-corrected chi connectivity index (χ3v) is 4.09. The van der Waals surface area contributed by atoms with E-state index in [0.717, 1.165) is 25.9 Å². The zero-order chi connectivity index (χ0) is 13.0. The predicted molar refractivity (Wildman–Crippen MR) is 81.3 cm³/mol. The quantitative estimate of drug-likeness (QED) is 0.785. The summed E-state index contributed by atoms with van der Waals surface area (Å²) in [7, 11) is 0. The molecule has 0 unspecified atom stereocenters. The van der Waals surface area contributed by atoms with Gasteiger partial charge < -0.3 is 11.1 Å². The fraction of sp³-hybridized carbons (Fsp3) is 0.467. The molecule has 2 rings (SSSR count). The van der Waals surface area contributed by atoms with Gasteiger partial charge in [-0.25, -0.2) is 0 Å². The molecule has 18 heavy (non-hydrogen) atoms. The second kappa shape index (κ2) is 5.83. The maximum Gasteiger partial charge on any atom is 0.0345 e. The molecule has 3 heteroatoms. The molecule has 0 aliphatic heterocycles. The summed E-state index contributed by atoms with van der Waals surface area (Å²) in [6.07, 6.45) is 2.10. The van der Waals surface area contributed by atoms with E-state index in [-0.39, 0.29) is 5.54 Å². The average molecular weight is 262 g/mol. The molecule has 0 fully saturated rings. The molecule has 0 saturated carbocycles. The molecule has 0 radical (unpaired) electrons. The monoisotopic (exact) mass is 262 g/mol. The van der Waals surface area contributed by atoms with Crippen molar-refractivity contribution in [2.45, 2.75) is 32.2 Å². The van der Waals surface area contributed by atoms with E-state index in [0.29, 0.717) is 0 Å². The number of nitrogens with one attached hydrogen (secondary N) is 1. The van der Waals surface area contributed by atoms with E-state index >= 15 is 0 Å². The van der Waals surface area contributed by atoms with Gasteiger partial charge in [-0.15, -0.1) is 11.3 Å². The van der Waals surface area contributed by atoms with Crippen molar-refractivity contribution in [1.82, 2.24) is 5.32 Å². The fourth-order valence-corrected chi connectivity index (χ4v) is 2.98. The predicted octanol–water partition coefficient (Wildman–Crippen LogP) is 3.16. The van der Waals surface area contributed by atoms with Crippen LogP contribution < -0.4 is 11.1 Å². The summed E-state index contributed by atoms with van der Waals surface area (Å²) < 4.78 is 1.38. The molecule has 1 aromatic carbocycles. The Morgan fingerprint density at radius 3 is 2.78 bits per heavy atom. The van der Waals surface area contributed by atoms with Gasteiger partial charge in [0.2, 0.25) is 0 Å². The van der Waals surface area contributed by atoms with Crippen LogP contribution in [0.1, 0.15) is 25.8 Å². The number of nitrogens with two attached hydrogens (primary N) is 1. The van der Waals surface area contributed by atoms with Gasteiger partial charge in [-0.1, -0.05) is 18.2 Å². The standard InChI is InChI=1S/C15H22N2S/c1-15(2,16)8-10-17-9-7-12-11-18-14-6-4-3-5-13(12)14/h3-6,11,17H,7-10,16H2,1-2H3. The minimum absolute atomic E-state index is 0.0674. The van der Waals surface area contributed by atoms with Crippen molar-refractivity contribution in [2.75, 3.05) is 13.1 Å². The van der Waals surface area contributed by atoms with Gasteiger partial charge in [0.1, 0.15) is 0 Å². The van der Waals surface area contributed by atoms with Crippen LogP contribution >= 0.6 is 11.3 Å². The molecule has 3 N–H and O–H groups in total. The third kappa shape index (κ3) is 3.80. The summed E-state index contributed by atoms with van der Waals surface area (Å²) in [5.74, 6) is 0. The summed E-state index contributed by atoms with van der Waals surface area (Å²) in [6.45, 7) is 6.16. The Hall–Kier alpha value is -0.900. The molecule has 0 aliphatic rings. The lowest BCUT2D eigenvalue weighted by atomic mass is 10.0. The van der Waals surface area contributed by atoms with E-state index in [1.54, 1.807) is 0 Å². The highest BCUT2D eigenvalue weighted by atomic mass is 32.1. The Morgan fingerprint density at radius 1 is 1.22 bits per heavy atom. The second-order valence-electron chi connectivity index (χ2n) is 5.50. The van der Waals surface area contributed by atoms with Gasteiger partial charge in [0.15, 0.2) is 0 Å². The van der Waals surface area contributed by atoms with Crippen LogP contribution in [0.2, 0.25) is 0 Å². The molecule has 98 valence electrons. The molecule has 0 aliphatic carbocycles. The first kappa shape index (κ1) is 13.5. The summed E-state index contributed by atoms with van der Waals surface area (Å²) in [6, 6.07) is 8.62. The van der Waals surface area contributed by atoms with Gasteiger partial charge in [0.05, 0.1) is 0 Å².